The number of benzene rings is 2. The Balaban J connectivity index is 1.54. The summed E-state index contributed by atoms with van der Waals surface area (Å²) < 4.78 is 18.5. The monoisotopic (exact) mass is 390 g/mol. The second-order valence-electron chi connectivity index (χ2n) is 6.08. The Labute approximate surface area is 159 Å². The van der Waals surface area contributed by atoms with Crippen molar-refractivity contribution in [1.29, 1.82) is 0 Å². The van der Waals surface area contributed by atoms with Gasteiger partial charge in [0.25, 0.3) is 11.8 Å². The van der Waals surface area contributed by atoms with E-state index in [0.717, 1.165) is 18.9 Å². The summed E-state index contributed by atoms with van der Waals surface area (Å²) in [7, 11) is 0. The first-order valence-corrected chi connectivity index (χ1v) is 8.63. The molecule has 2 aromatic carbocycles. The number of rotatable bonds is 6. The van der Waals surface area contributed by atoms with Gasteiger partial charge in [0.1, 0.15) is 5.82 Å². The molecule has 0 heterocycles. The highest BCUT2D eigenvalue weighted by atomic mass is 35.5. The van der Waals surface area contributed by atoms with Gasteiger partial charge in [-0.2, -0.15) is 0 Å². The molecule has 0 spiro atoms. The van der Waals surface area contributed by atoms with Gasteiger partial charge in [-0.1, -0.05) is 17.7 Å². The molecule has 3 rings (SSSR count). The van der Waals surface area contributed by atoms with E-state index in [1.807, 2.05) is 0 Å². The Morgan fingerprint density at radius 1 is 1.15 bits per heavy atom. The zero-order valence-corrected chi connectivity index (χ0v) is 14.9. The molecule has 1 saturated carbocycles. The van der Waals surface area contributed by atoms with Crippen molar-refractivity contribution in [3.8, 4) is 0 Å². The van der Waals surface area contributed by atoms with Crippen molar-refractivity contribution in [2.24, 2.45) is 0 Å². The summed E-state index contributed by atoms with van der Waals surface area (Å²) >= 11 is 5.62. The Hall–Kier alpha value is -2.93. The number of carbonyl (C=O) groups is 3. The average molecular weight is 391 g/mol. The molecular formula is C19H16ClFN2O4. The largest absolute Gasteiger partial charge is 0.452 e. The second kappa shape index (κ2) is 8.18. The second-order valence-corrected chi connectivity index (χ2v) is 6.51. The summed E-state index contributed by atoms with van der Waals surface area (Å²) in [5.41, 5.74) is 0.489. The third-order valence-electron chi connectivity index (χ3n) is 3.81. The van der Waals surface area contributed by atoms with Crippen LogP contribution in [0.1, 0.15) is 33.6 Å². The Morgan fingerprint density at radius 2 is 1.93 bits per heavy atom. The number of halogens is 2. The van der Waals surface area contributed by atoms with Gasteiger partial charge >= 0.3 is 5.97 Å². The zero-order chi connectivity index (χ0) is 19.4. The van der Waals surface area contributed by atoms with Crippen LogP contribution in [-0.2, 0) is 9.53 Å². The molecule has 2 amide bonds. The minimum atomic E-state index is -0.975. The van der Waals surface area contributed by atoms with E-state index in [0.29, 0.717) is 11.3 Å². The third kappa shape index (κ3) is 5.27. The number of hydrogen-bond donors (Lipinski definition) is 2. The summed E-state index contributed by atoms with van der Waals surface area (Å²) in [6.45, 7) is -0.598. The number of esters is 1. The van der Waals surface area contributed by atoms with Gasteiger partial charge in [-0.3, -0.25) is 9.59 Å². The van der Waals surface area contributed by atoms with Gasteiger partial charge in [0, 0.05) is 22.3 Å². The lowest BCUT2D eigenvalue weighted by molar-refractivity contribution is -0.119. The van der Waals surface area contributed by atoms with E-state index in [-0.39, 0.29) is 22.5 Å². The van der Waals surface area contributed by atoms with Crippen LogP contribution in [0.3, 0.4) is 0 Å². The predicted molar refractivity (Wildman–Crippen MR) is 97.3 cm³/mol. The lowest BCUT2D eigenvalue weighted by Gasteiger charge is -2.09. The molecule has 0 unspecified atom stereocenters. The van der Waals surface area contributed by atoms with Gasteiger partial charge in [0.2, 0.25) is 0 Å². The molecule has 2 N–H and O–H groups in total. The highest BCUT2D eigenvalue weighted by Gasteiger charge is 2.23. The molecule has 0 saturated heterocycles. The Kier molecular flexibility index (Phi) is 5.71. The van der Waals surface area contributed by atoms with Crippen LogP contribution in [0.2, 0.25) is 5.02 Å². The highest BCUT2D eigenvalue weighted by Crippen LogP contribution is 2.20. The van der Waals surface area contributed by atoms with Crippen molar-refractivity contribution in [2.45, 2.75) is 18.9 Å². The fourth-order valence-electron chi connectivity index (χ4n) is 2.30. The van der Waals surface area contributed by atoms with E-state index >= 15 is 0 Å². The molecule has 0 radical (unpaired) electrons. The van der Waals surface area contributed by atoms with Crippen LogP contribution in [0.15, 0.2) is 42.5 Å². The fourth-order valence-corrected chi connectivity index (χ4v) is 2.45. The van der Waals surface area contributed by atoms with Crippen molar-refractivity contribution in [3.05, 3.63) is 64.4 Å². The SMILES string of the molecule is O=C(COC(=O)c1ccc(Cl)cc1F)Nc1cccc(C(=O)NC2CC2)c1. The average Bonchev–Trinajstić information content (AvgIpc) is 3.44. The molecule has 6 nitrogen and oxygen atoms in total. The van der Waals surface area contributed by atoms with Gasteiger partial charge in [0.15, 0.2) is 6.61 Å². The van der Waals surface area contributed by atoms with E-state index in [1.165, 1.54) is 18.2 Å². The minimum Gasteiger partial charge on any atom is -0.452 e. The molecule has 8 heteroatoms. The summed E-state index contributed by atoms with van der Waals surface area (Å²) in [4.78, 5) is 35.8. The van der Waals surface area contributed by atoms with Crippen LogP contribution in [0, 0.1) is 5.82 Å². The Bertz CT molecular complexity index is 899. The van der Waals surface area contributed by atoms with Crippen molar-refractivity contribution in [3.63, 3.8) is 0 Å². The van der Waals surface area contributed by atoms with Gasteiger partial charge in [-0.15, -0.1) is 0 Å². The topological polar surface area (TPSA) is 84.5 Å². The van der Waals surface area contributed by atoms with Crippen molar-refractivity contribution >= 4 is 35.1 Å². The van der Waals surface area contributed by atoms with Gasteiger partial charge in [0.05, 0.1) is 5.56 Å². The highest BCUT2D eigenvalue weighted by molar-refractivity contribution is 6.30. The minimum absolute atomic E-state index is 0.146. The van der Waals surface area contributed by atoms with Crippen molar-refractivity contribution in [2.75, 3.05) is 11.9 Å². The molecule has 0 aliphatic heterocycles. The smallest absolute Gasteiger partial charge is 0.341 e. The van der Waals surface area contributed by atoms with Crippen molar-refractivity contribution < 1.29 is 23.5 Å². The zero-order valence-electron chi connectivity index (χ0n) is 14.1. The number of nitrogens with one attached hydrogen (secondary N) is 2. The maximum absolute atomic E-state index is 13.7. The predicted octanol–water partition coefficient (Wildman–Crippen LogP) is 3.17. The lowest BCUT2D eigenvalue weighted by atomic mass is 10.2. The molecule has 1 aliphatic rings. The summed E-state index contributed by atoms with van der Waals surface area (Å²) in [5.74, 6) is -2.63. The maximum atomic E-state index is 13.7. The molecule has 1 aliphatic carbocycles. The number of hydrogen-bond acceptors (Lipinski definition) is 4. The van der Waals surface area contributed by atoms with Crippen LogP contribution >= 0.6 is 11.6 Å². The summed E-state index contributed by atoms with van der Waals surface area (Å²) in [6, 6.07) is 10.1. The molecule has 1 fully saturated rings. The fraction of sp³-hybridized carbons (Fsp3) is 0.211. The molecule has 2 aromatic rings. The standard InChI is InChI=1S/C19H16ClFN2O4/c20-12-4-7-15(16(21)9-12)19(26)27-10-17(24)22-14-3-1-2-11(8-14)18(25)23-13-5-6-13/h1-4,7-9,13H,5-6,10H2,(H,22,24)(H,23,25). The normalized spacial score (nSPS) is 13.0. The number of anilines is 1. The third-order valence-corrected chi connectivity index (χ3v) is 4.04. The van der Waals surface area contributed by atoms with E-state index in [2.05, 4.69) is 10.6 Å². The summed E-state index contributed by atoms with van der Waals surface area (Å²) in [5, 5.41) is 5.52. The van der Waals surface area contributed by atoms with Crippen LogP contribution in [-0.4, -0.2) is 30.4 Å². The molecule has 0 aromatic heterocycles. The molecule has 27 heavy (non-hydrogen) atoms. The molecule has 0 atom stereocenters. The van der Waals surface area contributed by atoms with Crippen LogP contribution in [0.5, 0.6) is 0 Å². The van der Waals surface area contributed by atoms with Gasteiger partial charge in [-0.05, 0) is 49.2 Å². The maximum Gasteiger partial charge on any atom is 0.341 e. The van der Waals surface area contributed by atoms with Crippen LogP contribution in [0.4, 0.5) is 10.1 Å². The van der Waals surface area contributed by atoms with Gasteiger partial charge < -0.3 is 15.4 Å². The first-order valence-electron chi connectivity index (χ1n) is 8.25. The first-order chi connectivity index (χ1) is 12.9. The van der Waals surface area contributed by atoms with Crippen molar-refractivity contribution in [1.82, 2.24) is 5.32 Å². The molecule has 0 bridgehead atoms. The van der Waals surface area contributed by atoms with E-state index in [1.54, 1.807) is 18.2 Å². The summed E-state index contributed by atoms with van der Waals surface area (Å²) in [6.07, 6.45) is 1.95. The van der Waals surface area contributed by atoms with E-state index < -0.39 is 24.3 Å². The quantitative estimate of drug-likeness (QED) is 0.742. The number of amides is 2. The van der Waals surface area contributed by atoms with E-state index in [9.17, 15) is 18.8 Å². The van der Waals surface area contributed by atoms with E-state index in [4.69, 9.17) is 16.3 Å². The number of carbonyl (C=O) groups excluding carboxylic acids is 3. The van der Waals surface area contributed by atoms with Gasteiger partial charge in [-0.25, -0.2) is 9.18 Å². The molecule has 140 valence electrons. The molecular weight excluding hydrogens is 375 g/mol. The lowest BCUT2D eigenvalue weighted by Crippen LogP contribution is -2.25. The Morgan fingerprint density at radius 3 is 2.63 bits per heavy atom. The van der Waals surface area contributed by atoms with Crippen LogP contribution < -0.4 is 10.6 Å². The van der Waals surface area contributed by atoms with Crippen LogP contribution in [0.25, 0.3) is 0 Å². The first kappa shape index (κ1) is 18.8. The number of ether oxygens (including phenoxy) is 1.